The van der Waals surface area contributed by atoms with Gasteiger partial charge in [0.15, 0.2) is 0 Å². The highest BCUT2D eigenvalue weighted by Crippen LogP contribution is 2.24. The van der Waals surface area contributed by atoms with Gasteiger partial charge in [0, 0.05) is 12.6 Å². The average Bonchev–Trinajstić information content (AvgIpc) is 2.45. The van der Waals surface area contributed by atoms with E-state index in [9.17, 15) is 4.39 Å². The van der Waals surface area contributed by atoms with Crippen LogP contribution in [0.4, 0.5) is 4.39 Å². The molecule has 1 aromatic rings. The zero-order valence-electron chi connectivity index (χ0n) is 13.5. The minimum absolute atomic E-state index is 0.122. The van der Waals surface area contributed by atoms with E-state index in [0.29, 0.717) is 17.0 Å². The summed E-state index contributed by atoms with van der Waals surface area (Å²) in [6.07, 6.45) is 1.94. The Morgan fingerprint density at radius 1 is 1.29 bits per heavy atom. The van der Waals surface area contributed by atoms with Gasteiger partial charge in [0.1, 0.15) is 5.82 Å². The molecule has 1 N–H and O–H groups in total. The van der Waals surface area contributed by atoms with Crippen LogP contribution in [0.2, 0.25) is 0 Å². The highest BCUT2D eigenvalue weighted by Gasteiger charge is 2.25. The molecule has 0 bridgehead atoms. The smallest absolute Gasteiger partial charge is 0.137 e. The number of halogens is 2. The summed E-state index contributed by atoms with van der Waals surface area (Å²) >= 11 is 3.36. The molecule has 0 radical (unpaired) electrons. The van der Waals surface area contributed by atoms with Crippen LogP contribution in [0, 0.1) is 11.7 Å². The molecule has 0 fully saturated rings. The predicted molar refractivity (Wildman–Crippen MR) is 90.1 cm³/mol. The summed E-state index contributed by atoms with van der Waals surface area (Å²) in [5.74, 6) is 0.200. The third-order valence-electron chi connectivity index (χ3n) is 3.54. The molecule has 0 aliphatic carbocycles. The second kappa shape index (κ2) is 9.54. The van der Waals surface area contributed by atoms with E-state index >= 15 is 0 Å². The zero-order chi connectivity index (χ0) is 15.8. The Labute approximate surface area is 136 Å². The van der Waals surface area contributed by atoms with Crippen molar-refractivity contribution in [3.63, 3.8) is 0 Å². The fourth-order valence-corrected chi connectivity index (χ4v) is 2.97. The number of hydrogen-bond acceptors (Lipinski definition) is 2. The van der Waals surface area contributed by atoms with Crippen molar-refractivity contribution in [1.29, 1.82) is 0 Å². The van der Waals surface area contributed by atoms with Crippen LogP contribution in [0.15, 0.2) is 22.7 Å². The monoisotopic (exact) mass is 359 g/mol. The Kier molecular flexibility index (Phi) is 8.45. The number of hydrogen-bond donors (Lipinski definition) is 1. The minimum atomic E-state index is -0.209. The molecule has 21 heavy (non-hydrogen) atoms. The average molecular weight is 360 g/mol. The maximum Gasteiger partial charge on any atom is 0.137 e. The van der Waals surface area contributed by atoms with Gasteiger partial charge in [-0.05, 0) is 59.8 Å². The molecule has 0 amide bonds. The molecule has 0 aliphatic rings. The van der Waals surface area contributed by atoms with Crippen LogP contribution in [0.5, 0.6) is 0 Å². The van der Waals surface area contributed by atoms with E-state index in [1.807, 2.05) is 13.0 Å². The van der Waals surface area contributed by atoms with Crippen LogP contribution < -0.4 is 5.32 Å². The lowest BCUT2D eigenvalue weighted by Crippen LogP contribution is -2.46. The van der Waals surface area contributed by atoms with E-state index in [0.717, 1.165) is 24.9 Å². The van der Waals surface area contributed by atoms with Crippen molar-refractivity contribution in [3.8, 4) is 0 Å². The number of benzene rings is 1. The van der Waals surface area contributed by atoms with E-state index < -0.39 is 0 Å². The summed E-state index contributed by atoms with van der Waals surface area (Å²) in [6.45, 7) is 10.1. The molecule has 0 saturated heterocycles. The molecule has 4 heteroatoms. The van der Waals surface area contributed by atoms with Gasteiger partial charge in [-0.15, -0.1) is 0 Å². The van der Waals surface area contributed by atoms with Gasteiger partial charge in [0.05, 0.1) is 10.6 Å². The molecule has 120 valence electrons. The Hall–Kier alpha value is -0.450. The largest absolute Gasteiger partial charge is 0.377 e. The van der Waals surface area contributed by atoms with E-state index in [1.54, 1.807) is 6.07 Å². The van der Waals surface area contributed by atoms with Gasteiger partial charge in [-0.1, -0.05) is 32.9 Å². The summed E-state index contributed by atoms with van der Waals surface area (Å²) in [5, 5.41) is 3.56. The highest BCUT2D eigenvalue weighted by atomic mass is 79.9. The lowest BCUT2D eigenvalue weighted by Gasteiger charge is -2.31. The Bertz CT molecular complexity index is 425. The molecule has 2 atom stereocenters. The van der Waals surface area contributed by atoms with Gasteiger partial charge < -0.3 is 10.1 Å². The molecule has 0 saturated carbocycles. The Morgan fingerprint density at radius 2 is 2.00 bits per heavy atom. The van der Waals surface area contributed by atoms with Gasteiger partial charge in [0.2, 0.25) is 0 Å². The summed E-state index contributed by atoms with van der Waals surface area (Å²) < 4.78 is 20.2. The number of rotatable bonds is 9. The highest BCUT2D eigenvalue weighted by molar-refractivity contribution is 9.10. The summed E-state index contributed by atoms with van der Waals surface area (Å²) in [7, 11) is 0. The summed E-state index contributed by atoms with van der Waals surface area (Å²) in [4.78, 5) is 0. The normalized spacial score (nSPS) is 14.4. The van der Waals surface area contributed by atoms with Crippen LogP contribution >= 0.6 is 15.9 Å². The lowest BCUT2D eigenvalue weighted by atomic mass is 9.93. The third kappa shape index (κ3) is 5.68. The van der Waals surface area contributed by atoms with E-state index in [-0.39, 0.29) is 18.0 Å². The molecule has 1 rings (SSSR count). The minimum Gasteiger partial charge on any atom is -0.377 e. The first-order valence-electron chi connectivity index (χ1n) is 7.79. The van der Waals surface area contributed by atoms with Gasteiger partial charge >= 0.3 is 0 Å². The van der Waals surface area contributed by atoms with E-state index in [4.69, 9.17) is 4.74 Å². The van der Waals surface area contributed by atoms with E-state index in [2.05, 4.69) is 42.0 Å². The van der Waals surface area contributed by atoms with Gasteiger partial charge in [-0.2, -0.15) is 0 Å². The van der Waals surface area contributed by atoms with Crippen molar-refractivity contribution in [1.82, 2.24) is 5.32 Å². The Morgan fingerprint density at radius 3 is 2.57 bits per heavy atom. The van der Waals surface area contributed by atoms with Crippen molar-refractivity contribution < 1.29 is 9.13 Å². The maximum atomic E-state index is 13.7. The summed E-state index contributed by atoms with van der Waals surface area (Å²) in [5.41, 5.74) is 0.981. The van der Waals surface area contributed by atoms with Crippen LogP contribution in [0.3, 0.4) is 0 Å². The first kappa shape index (κ1) is 18.6. The SMILES string of the molecule is CCCNC(Cc1cccc(F)c1Br)C(OCC)C(C)C. The zero-order valence-corrected chi connectivity index (χ0v) is 15.0. The molecule has 0 heterocycles. The number of nitrogens with one attached hydrogen (secondary N) is 1. The van der Waals surface area contributed by atoms with Crippen molar-refractivity contribution in [2.24, 2.45) is 5.92 Å². The molecule has 0 spiro atoms. The van der Waals surface area contributed by atoms with E-state index in [1.165, 1.54) is 6.07 Å². The van der Waals surface area contributed by atoms with Crippen molar-refractivity contribution in [3.05, 3.63) is 34.1 Å². The topological polar surface area (TPSA) is 21.3 Å². The first-order chi connectivity index (χ1) is 10.0. The van der Waals surface area contributed by atoms with Crippen molar-refractivity contribution in [2.45, 2.75) is 52.7 Å². The molecular formula is C17H27BrFNO. The predicted octanol–water partition coefficient (Wildman–Crippen LogP) is 4.56. The first-order valence-corrected chi connectivity index (χ1v) is 8.58. The second-order valence-electron chi connectivity index (χ2n) is 5.64. The second-order valence-corrected chi connectivity index (χ2v) is 6.43. The van der Waals surface area contributed by atoms with Crippen LogP contribution in [-0.4, -0.2) is 25.3 Å². The van der Waals surface area contributed by atoms with Gasteiger partial charge in [-0.25, -0.2) is 4.39 Å². The molecule has 0 aliphatic heterocycles. The molecular weight excluding hydrogens is 333 g/mol. The van der Waals surface area contributed by atoms with Crippen molar-refractivity contribution in [2.75, 3.05) is 13.2 Å². The number of ether oxygens (including phenoxy) is 1. The molecule has 0 aromatic heterocycles. The lowest BCUT2D eigenvalue weighted by molar-refractivity contribution is 0.00357. The molecule has 2 unspecified atom stereocenters. The Balaban J connectivity index is 2.93. The quantitative estimate of drug-likeness (QED) is 0.697. The molecule has 2 nitrogen and oxygen atoms in total. The van der Waals surface area contributed by atoms with Gasteiger partial charge in [0.25, 0.3) is 0 Å². The van der Waals surface area contributed by atoms with Crippen LogP contribution in [0.25, 0.3) is 0 Å². The summed E-state index contributed by atoms with van der Waals surface area (Å²) in [6, 6.07) is 5.39. The molecule has 1 aromatic carbocycles. The standard InChI is InChI=1S/C17H27BrFNO/c1-5-10-20-15(17(12(3)4)21-6-2)11-13-8-7-9-14(19)16(13)18/h7-9,12,15,17,20H,5-6,10-11H2,1-4H3. The van der Waals surface area contributed by atoms with Gasteiger partial charge in [-0.3, -0.25) is 0 Å². The fraction of sp³-hybridized carbons (Fsp3) is 0.647. The fourth-order valence-electron chi connectivity index (χ4n) is 2.54. The maximum absolute atomic E-state index is 13.7. The van der Waals surface area contributed by atoms with Crippen molar-refractivity contribution >= 4 is 15.9 Å². The third-order valence-corrected chi connectivity index (χ3v) is 4.43. The van der Waals surface area contributed by atoms with Crippen LogP contribution in [0.1, 0.15) is 39.7 Å². The van der Waals surface area contributed by atoms with Crippen LogP contribution in [-0.2, 0) is 11.2 Å².